The fourth-order valence-electron chi connectivity index (χ4n) is 4.05. The minimum Gasteiger partial charge on any atom is -0.466 e. The summed E-state index contributed by atoms with van der Waals surface area (Å²) in [5, 5.41) is 0. The zero-order valence-electron chi connectivity index (χ0n) is 22.8. The molecule has 0 rings (SSSR count). The van der Waals surface area contributed by atoms with Crippen molar-refractivity contribution in [3.05, 3.63) is 0 Å². The molecule has 1 unspecified atom stereocenters. The number of ether oxygens (including phenoxy) is 2. The molecule has 0 saturated carbocycles. The second-order valence-electron chi connectivity index (χ2n) is 10.9. The summed E-state index contributed by atoms with van der Waals surface area (Å²) in [6, 6.07) is 0. The maximum absolute atomic E-state index is 11.9. The number of carbonyl (C=O) groups is 2. The minimum atomic E-state index is -0.0233. The van der Waals surface area contributed by atoms with E-state index in [1.54, 1.807) is 0 Å². The molecule has 0 aromatic heterocycles. The van der Waals surface area contributed by atoms with E-state index in [1.165, 1.54) is 51.4 Å². The molecule has 0 radical (unpaired) electrons. The summed E-state index contributed by atoms with van der Waals surface area (Å²) in [6.45, 7) is 12.1. The number of unbranched alkanes of at least 4 members (excludes halogenated alkanes) is 9. The third-order valence-corrected chi connectivity index (χ3v) is 6.22. The molecule has 0 heterocycles. The molecule has 0 aromatic rings. The summed E-state index contributed by atoms with van der Waals surface area (Å²) >= 11 is 0. The Morgan fingerprint density at radius 1 is 0.515 bits per heavy atom. The van der Waals surface area contributed by atoms with Crippen molar-refractivity contribution in [1.82, 2.24) is 0 Å². The zero-order chi connectivity index (χ0) is 24.7. The van der Waals surface area contributed by atoms with Crippen LogP contribution in [0.2, 0.25) is 0 Å². The van der Waals surface area contributed by atoms with Gasteiger partial charge in [-0.15, -0.1) is 0 Å². The monoisotopic (exact) mass is 468 g/mol. The van der Waals surface area contributed by atoms with Gasteiger partial charge in [0.05, 0.1) is 13.2 Å². The smallest absolute Gasteiger partial charge is 0.306 e. The molecule has 33 heavy (non-hydrogen) atoms. The summed E-state index contributed by atoms with van der Waals surface area (Å²) in [6.07, 6.45) is 18.8. The van der Waals surface area contributed by atoms with Crippen LogP contribution in [0, 0.1) is 17.8 Å². The van der Waals surface area contributed by atoms with Crippen LogP contribution in [0.5, 0.6) is 0 Å². The molecule has 0 spiro atoms. The highest BCUT2D eigenvalue weighted by molar-refractivity contribution is 5.69. The highest BCUT2D eigenvalue weighted by Gasteiger charge is 2.10. The number of hydrogen-bond acceptors (Lipinski definition) is 4. The predicted octanol–water partition coefficient (Wildman–Crippen LogP) is 8.65. The Balaban J connectivity index is 3.34. The van der Waals surface area contributed by atoms with Gasteiger partial charge in [-0.25, -0.2) is 0 Å². The fourth-order valence-corrected chi connectivity index (χ4v) is 4.05. The molecule has 0 N–H and O–H groups in total. The third kappa shape index (κ3) is 25.4. The largest absolute Gasteiger partial charge is 0.466 e. The Hall–Kier alpha value is -1.06. The van der Waals surface area contributed by atoms with Gasteiger partial charge in [-0.1, -0.05) is 98.8 Å². The second-order valence-corrected chi connectivity index (χ2v) is 10.9. The Labute approximate surface area is 206 Å². The molecule has 0 bridgehead atoms. The van der Waals surface area contributed by atoms with Crippen LogP contribution in [0.4, 0.5) is 0 Å². The quantitative estimate of drug-likeness (QED) is 0.111. The van der Waals surface area contributed by atoms with E-state index in [0.29, 0.717) is 43.8 Å². The van der Waals surface area contributed by atoms with Crippen molar-refractivity contribution >= 4 is 11.9 Å². The van der Waals surface area contributed by atoms with Crippen LogP contribution in [-0.2, 0) is 19.1 Å². The van der Waals surface area contributed by atoms with Crippen LogP contribution in [0.25, 0.3) is 0 Å². The molecule has 0 aliphatic heterocycles. The number of hydrogen-bond donors (Lipinski definition) is 0. The first-order valence-electron chi connectivity index (χ1n) is 14.1. The molecule has 0 amide bonds. The normalized spacial score (nSPS) is 12.3. The van der Waals surface area contributed by atoms with Gasteiger partial charge in [0.1, 0.15) is 0 Å². The van der Waals surface area contributed by atoms with E-state index < -0.39 is 0 Å². The molecule has 1 atom stereocenters. The van der Waals surface area contributed by atoms with Crippen molar-refractivity contribution in [3.8, 4) is 0 Å². The Morgan fingerprint density at radius 3 is 1.42 bits per heavy atom. The van der Waals surface area contributed by atoms with E-state index in [-0.39, 0.29) is 11.9 Å². The second kappa shape index (κ2) is 22.7. The van der Waals surface area contributed by atoms with E-state index in [4.69, 9.17) is 9.47 Å². The number of rotatable bonds is 23. The van der Waals surface area contributed by atoms with Crippen LogP contribution in [-0.4, -0.2) is 25.2 Å². The Morgan fingerprint density at radius 2 is 0.939 bits per heavy atom. The van der Waals surface area contributed by atoms with E-state index >= 15 is 0 Å². The number of esters is 2. The third-order valence-electron chi connectivity index (χ3n) is 6.22. The van der Waals surface area contributed by atoms with Gasteiger partial charge in [-0.2, -0.15) is 0 Å². The summed E-state index contributed by atoms with van der Waals surface area (Å²) in [5.41, 5.74) is 0. The van der Waals surface area contributed by atoms with Gasteiger partial charge in [-0.3, -0.25) is 9.59 Å². The average molecular weight is 469 g/mol. The average Bonchev–Trinajstić information content (AvgIpc) is 2.74. The van der Waals surface area contributed by atoms with Gasteiger partial charge in [0.25, 0.3) is 0 Å². The first kappa shape index (κ1) is 31.9. The molecular formula is C29H56O4. The highest BCUT2D eigenvalue weighted by Crippen LogP contribution is 2.17. The minimum absolute atomic E-state index is 0.0217. The van der Waals surface area contributed by atoms with Crippen LogP contribution < -0.4 is 0 Å². The first-order valence-corrected chi connectivity index (χ1v) is 14.1. The fraction of sp³-hybridized carbons (Fsp3) is 0.931. The van der Waals surface area contributed by atoms with Crippen LogP contribution in [0.1, 0.15) is 144 Å². The summed E-state index contributed by atoms with van der Waals surface area (Å²) in [7, 11) is 0. The molecule has 0 saturated heterocycles. The Bertz CT molecular complexity index is 459. The van der Waals surface area contributed by atoms with Crippen molar-refractivity contribution < 1.29 is 19.1 Å². The van der Waals surface area contributed by atoms with Crippen molar-refractivity contribution in [3.63, 3.8) is 0 Å². The molecule has 0 aromatic carbocycles. The topological polar surface area (TPSA) is 52.6 Å². The van der Waals surface area contributed by atoms with Gasteiger partial charge in [-0.05, 0) is 49.9 Å². The highest BCUT2D eigenvalue weighted by atomic mass is 16.5. The lowest BCUT2D eigenvalue weighted by molar-refractivity contribution is -0.145. The summed E-state index contributed by atoms with van der Waals surface area (Å²) < 4.78 is 10.6. The SMILES string of the molecule is CC(C)CCCOC(=O)CCCCCCCCCCCCC(C)CC(=O)OCCCC(C)C. The molecule has 0 fully saturated rings. The first-order chi connectivity index (χ1) is 15.8. The maximum atomic E-state index is 11.9. The van der Waals surface area contributed by atoms with Crippen LogP contribution >= 0.6 is 0 Å². The van der Waals surface area contributed by atoms with Gasteiger partial charge >= 0.3 is 11.9 Å². The number of carbonyl (C=O) groups excluding carboxylic acids is 2. The van der Waals surface area contributed by atoms with Gasteiger partial charge < -0.3 is 9.47 Å². The van der Waals surface area contributed by atoms with E-state index in [0.717, 1.165) is 44.9 Å². The van der Waals surface area contributed by atoms with Crippen molar-refractivity contribution in [2.45, 2.75) is 144 Å². The lowest BCUT2D eigenvalue weighted by Gasteiger charge is -2.11. The molecule has 4 heteroatoms. The van der Waals surface area contributed by atoms with Gasteiger partial charge in [0, 0.05) is 12.8 Å². The molecule has 0 aliphatic carbocycles. The predicted molar refractivity (Wildman–Crippen MR) is 139 cm³/mol. The summed E-state index contributed by atoms with van der Waals surface area (Å²) in [4.78, 5) is 23.5. The zero-order valence-corrected chi connectivity index (χ0v) is 22.8. The van der Waals surface area contributed by atoms with Crippen LogP contribution in [0.15, 0.2) is 0 Å². The maximum Gasteiger partial charge on any atom is 0.306 e. The van der Waals surface area contributed by atoms with Crippen molar-refractivity contribution in [2.24, 2.45) is 17.8 Å². The van der Waals surface area contributed by atoms with Crippen molar-refractivity contribution in [1.29, 1.82) is 0 Å². The van der Waals surface area contributed by atoms with E-state index in [1.807, 2.05) is 0 Å². The summed E-state index contributed by atoms with van der Waals surface area (Å²) in [5.74, 6) is 1.74. The van der Waals surface area contributed by atoms with E-state index in [9.17, 15) is 9.59 Å². The standard InChI is InChI=1S/C29H56O4/c1-25(2)18-16-22-32-28(30)21-15-13-11-9-7-6-8-10-12-14-20-27(5)24-29(31)33-23-17-19-26(3)4/h25-27H,6-24H2,1-5H3. The van der Waals surface area contributed by atoms with E-state index in [2.05, 4.69) is 34.6 Å². The lowest BCUT2D eigenvalue weighted by atomic mass is 9.99. The molecule has 4 nitrogen and oxygen atoms in total. The molecule has 0 aliphatic rings. The van der Waals surface area contributed by atoms with Gasteiger partial charge in [0.15, 0.2) is 0 Å². The Kier molecular flexibility index (Phi) is 22.0. The molecule has 196 valence electrons. The van der Waals surface area contributed by atoms with Crippen LogP contribution in [0.3, 0.4) is 0 Å². The lowest BCUT2D eigenvalue weighted by Crippen LogP contribution is -2.11. The molecular weight excluding hydrogens is 412 g/mol. The van der Waals surface area contributed by atoms with Crippen molar-refractivity contribution in [2.75, 3.05) is 13.2 Å². The van der Waals surface area contributed by atoms with Gasteiger partial charge in [0.2, 0.25) is 0 Å².